The van der Waals surface area contributed by atoms with Crippen molar-refractivity contribution >= 4 is 15.7 Å². The molecule has 0 aliphatic heterocycles. The van der Waals surface area contributed by atoms with Gasteiger partial charge in [0.2, 0.25) is 10.0 Å². The molecule has 0 bridgehead atoms. The van der Waals surface area contributed by atoms with E-state index in [2.05, 4.69) is 0 Å². The van der Waals surface area contributed by atoms with E-state index in [1.54, 1.807) is 45.0 Å². The topological polar surface area (TPSA) is 89.8 Å². The molecule has 0 heterocycles. The van der Waals surface area contributed by atoms with Crippen LogP contribution in [0.25, 0.3) is 0 Å². The Kier molecular flexibility index (Phi) is 5.68. The third-order valence-electron chi connectivity index (χ3n) is 4.61. The van der Waals surface area contributed by atoms with Crippen molar-refractivity contribution in [1.29, 1.82) is 0 Å². The van der Waals surface area contributed by atoms with Crippen LogP contribution in [0.3, 0.4) is 0 Å². The SMILES string of the molecule is COc1ccccc1C(C)N(C)S(=O)(=O)c1cc([N+](=O)[O-])cc(C)c1C. The van der Waals surface area contributed by atoms with Gasteiger partial charge >= 0.3 is 0 Å². The highest BCUT2D eigenvalue weighted by Crippen LogP contribution is 2.34. The van der Waals surface area contributed by atoms with Crippen LogP contribution in [-0.4, -0.2) is 31.8 Å². The minimum atomic E-state index is -3.95. The standard InChI is InChI=1S/C18H22N2O5S/c1-12-10-15(20(21)22)11-18(13(12)2)26(23,24)19(4)14(3)16-8-6-7-9-17(16)25-5/h6-11,14H,1-5H3. The number of methoxy groups -OCH3 is 1. The summed E-state index contributed by atoms with van der Waals surface area (Å²) in [6, 6.07) is 9.13. The lowest BCUT2D eigenvalue weighted by molar-refractivity contribution is -0.385. The van der Waals surface area contributed by atoms with E-state index in [4.69, 9.17) is 4.74 Å². The van der Waals surface area contributed by atoms with Gasteiger partial charge in [0.1, 0.15) is 5.75 Å². The number of non-ortho nitro benzene ring substituents is 1. The number of benzene rings is 2. The van der Waals surface area contributed by atoms with Crippen molar-refractivity contribution in [3.63, 3.8) is 0 Å². The van der Waals surface area contributed by atoms with E-state index in [1.807, 2.05) is 0 Å². The minimum absolute atomic E-state index is 0.0616. The zero-order valence-electron chi connectivity index (χ0n) is 15.4. The molecule has 0 spiro atoms. The maximum atomic E-state index is 13.2. The van der Waals surface area contributed by atoms with Crippen LogP contribution in [0.4, 0.5) is 5.69 Å². The first-order chi connectivity index (χ1) is 12.1. The highest BCUT2D eigenvalue weighted by molar-refractivity contribution is 7.89. The smallest absolute Gasteiger partial charge is 0.271 e. The molecule has 1 unspecified atom stereocenters. The largest absolute Gasteiger partial charge is 0.496 e. The fourth-order valence-corrected chi connectivity index (χ4v) is 4.41. The summed E-state index contributed by atoms with van der Waals surface area (Å²) in [6.45, 7) is 5.05. The number of rotatable bonds is 6. The molecule has 8 heteroatoms. The van der Waals surface area contributed by atoms with Gasteiger partial charge in [-0.15, -0.1) is 0 Å². The van der Waals surface area contributed by atoms with Crippen molar-refractivity contribution in [2.75, 3.05) is 14.2 Å². The first kappa shape index (κ1) is 19.9. The van der Waals surface area contributed by atoms with E-state index < -0.39 is 21.0 Å². The lowest BCUT2D eigenvalue weighted by atomic mass is 10.1. The van der Waals surface area contributed by atoms with Crippen molar-refractivity contribution in [2.45, 2.75) is 31.7 Å². The van der Waals surface area contributed by atoms with Gasteiger partial charge < -0.3 is 4.74 Å². The number of aryl methyl sites for hydroxylation is 1. The molecule has 2 aromatic carbocycles. The average Bonchev–Trinajstić information content (AvgIpc) is 2.62. The van der Waals surface area contributed by atoms with Crippen LogP contribution in [0.15, 0.2) is 41.3 Å². The van der Waals surface area contributed by atoms with E-state index in [0.717, 1.165) is 6.07 Å². The molecule has 140 valence electrons. The summed E-state index contributed by atoms with van der Waals surface area (Å²) < 4.78 is 32.8. The van der Waals surface area contributed by atoms with Gasteiger partial charge in [-0.25, -0.2) is 8.42 Å². The Hall–Kier alpha value is -2.45. The highest BCUT2D eigenvalue weighted by atomic mass is 32.2. The van der Waals surface area contributed by atoms with E-state index in [9.17, 15) is 18.5 Å². The molecule has 0 radical (unpaired) electrons. The number of para-hydroxylation sites is 1. The summed E-state index contributed by atoms with van der Waals surface area (Å²) in [5.74, 6) is 0.578. The van der Waals surface area contributed by atoms with Gasteiger partial charge in [-0.2, -0.15) is 4.31 Å². The fourth-order valence-electron chi connectivity index (χ4n) is 2.75. The van der Waals surface area contributed by atoms with Crippen LogP contribution in [-0.2, 0) is 10.0 Å². The normalized spacial score (nSPS) is 12.8. The average molecular weight is 378 g/mol. The van der Waals surface area contributed by atoms with Gasteiger partial charge in [0, 0.05) is 24.7 Å². The van der Waals surface area contributed by atoms with Crippen LogP contribution in [0.5, 0.6) is 5.75 Å². The van der Waals surface area contributed by atoms with Gasteiger partial charge in [0.05, 0.1) is 23.0 Å². The van der Waals surface area contributed by atoms with E-state index in [-0.39, 0.29) is 10.6 Å². The number of nitro groups is 1. The Morgan fingerprint density at radius 1 is 1.19 bits per heavy atom. The maximum Gasteiger partial charge on any atom is 0.271 e. The van der Waals surface area contributed by atoms with Gasteiger partial charge in [-0.1, -0.05) is 18.2 Å². The van der Waals surface area contributed by atoms with Gasteiger partial charge in [-0.3, -0.25) is 10.1 Å². The van der Waals surface area contributed by atoms with Crippen LogP contribution in [0, 0.1) is 24.0 Å². The van der Waals surface area contributed by atoms with Gasteiger partial charge in [0.25, 0.3) is 5.69 Å². The monoisotopic (exact) mass is 378 g/mol. The minimum Gasteiger partial charge on any atom is -0.496 e. The molecule has 7 nitrogen and oxygen atoms in total. The molecule has 0 N–H and O–H groups in total. The first-order valence-corrected chi connectivity index (χ1v) is 9.41. The summed E-state index contributed by atoms with van der Waals surface area (Å²) in [5, 5.41) is 11.1. The van der Waals surface area contributed by atoms with E-state index in [0.29, 0.717) is 22.4 Å². The lowest BCUT2D eigenvalue weighted by Crippen LogP contribution is -2.30. The van der Waals surface area contributed by atoms with Crippen LogP contribution < -0.4 is 4.74 Å². The van der Waals surface area contributed by atoms with Crippen molar-refractivity contribution in [2.24, 2.45) is 0 Å². The Balaban J connectivity index is 2.55. The summed E-state index contributed by atoms with van der Waals surface area (Å²) >= 11 is 0. The van der Waals surface area contributed by atoms with Crippen molar-refractivity contribution in [3.8, 4) is 5.75 Å². The number of ether oxygens (including phenoxy) is 1. The van der Waals surface area contributed by atoms with Crippen molar-refractivity contribution < 1.29 is 18.1 Å². The second-order valence-electron chi connectivity index (χ2n) is 6.08. The number of hydrogen-bond donors (Lipinski definition) is 0. The quantitative estimate of drug-likeness (QED) is 0.566. The molecular formula is C18H22N2O5S. The maximum absolute atomic E-state index is 13.2. The number of hydrogen-bond acceptors (Lipinski definition) is 5. The second kappa shape index (κ2) is 7.43. The highest BCUT2D eigenvalue weighted by Gasteiger charge is 2.31. The van der Waals surface area contributed by atoms with Gasteiger partial charge in [-0.05, 0) is 38.0 Å². The van der Waals surface area contributed by atoms with Crippen molar-refractivity contribution in [1.82, 2.24) is 4.31 Å². The van der Waals surface area contributed by atoms with Gasteiger partial charge in [0.15, 0.2) is 0 Å². The van der Waals surface area contributed by atoms with Crippen LogP contribution >= 0.6 is 0 Å². The zero-order chi connectivity index (χ0) is 19.6. The Labute approximate surface area is 153 Å². The Morgan fingerprint density at radius 3 is 2.38 bits per heavy atom. The summed E-state index contributed by atoms with van der Waals surface area (Å²) in [5.41, 5.74) is 1.51. The molecule has 0 saturated carbocycles. The first-order valence-electron chi connectivity index (χ1n) is 7.97. The molecule has 0 aromatic heterocycles. The molecule has 2 aromatic rings. The molecule has 0 aliphatic carbocycles. The molecular weight excluding hydrogens is 356 g/mol. The summed E-state index contributed by atoms with van der Waals surface area (Å²) in [6.07, 6.45) is 0. The van der Waals surface area contributed by atoms with Crippen LogP contribution in [0.2, 0.25) is 0 Å². The predicted octanol–water partition coefficient (Wildman–Crippen LogP) is 3.60. The lowest BCUT2D eigenvalue weighted by Gasteiger charge is -2.26. The van der Waals surface area contributed by atoms with E-state index >= 15 is 0 Å². The number of sulfonamides is 1. The molecule has 0 amide bonds. The van der Waals surface area contributed by atoms with E-state index in [1.165, 1.54) is 24.5 Å². The third kappa shape index (κ3) is 3.56. The summed E-state index contributed by atoms with van der Waals surface area (Å²) in [4.78, 5) is 10.5. The molecule has 0 saturated heterocycles. The second-order valence-corrected chi connectivity index (χ2v) is 8.05. The molecule has 0 aliphatic rings. The predicted molar refractivity (Wildman–Crippen MR) is 98.9 cm³/mol. The molecule has 1 atom stereocenters. The third-order valence-corrected chi connectivity index (χ3v) is 6.66. The molecule has 2 rings (SSSR count). The molecule has 26 heavy (non-hydrogen) atoms. The van der Waals surface area contributed by atoms with Crippen molar-refractivity contribution in [3.05, 3.63) is 63.2 Å². The zero-order valence-corrected chi connectivity index (χ0v) is 16.2. The van der Waals surface area contributed by atoms with Crippen LogP contribution in [0.1, 0.15) is 29.7 Å². The fraction of sp³-hybridized carbons (Fsp3) is 0.333. The number of nitro benzene ring substituents is 1. The Bertz CT molecular complexity index is 941. The Morgan fingerprint density at radius 2 is 1.81 bits per heavy atom. The number of nitrogens with zero attached hydrogens (tertiary/aromatic N) is 2. The molecule has 0 fully saturated rings. The summed E-state index contributed by atoms with van der Waals surface area (Å²) in [7, 11) is -0.967.